The van der Waals surface area contributed by atoms with Crippen molar-refractivity contribution >= 4 is 17.6 Å². The van der Waals surface area contributed by atoms with Gasteiger partial charge < -0.3 is 20.1 Å². The number of aromatic nitrogens is 2. The molecule has 2 amide bonds. The quantitative estimate of drug-likeness (QED) is 0.791. The molecule has 2 N–H and O–H groups in total. The lowest BCUT2D eigenvalue weighted by molar-refractivity contribution is 0.171. The van der Waals surface area contributed by atoms with Crippen molar-refractivity contribution in [1.82, 2.24) is 20.4 Å². The Morgan fingerprint density at radius 3 is 2.78 bits per heavy atom. The molecule has 0 saturated heterocycles. The highest BCUT2D eigenvalue weighted by Crippen LogP contribution is 2.38. The van der Waals surface area contributed by atoms with Crippen LogP contribution in [0.4, 0.5) is 4.79 Å². The Hall–Kier alpha value is -2.41. The average molecular weight is 393 g/mol. The molecular formula is C19H25ClN4O3. The van der Waals surface area contributed by atoms with E-state index in [0.717, 1.165) is 11.3 Å². The Kier molecular flexibility index (Phi) is 6.11. The number of benzene rings is 1. The van der Waals surface area contributed by atoms with Crippen LogP contribution in [0.1, 0.15) is 31.0 Å². The minimum atomic E-state index is -0.228. The number of hydrogen-bond donors (Lipinski definition) is 2. The van der Waals surface area contributed by atoms with Crippen molar-refractivity contribution in [3.8, 4) is 11.5 Å². The third-order valence-electron chi connectivity index (χ3n) is 4.64. The van der Waals surface area contributed by atoms with E-state index in [0.29, 0.717) is 48.7 Å². The third-order valence-corrected chi connectivity index (χ3v) is 4.92. The molecule has 3 rings (SSSR count). The van der Waals surface area contributed by atoms with Crippen LogP contribution >= 0.6 is 11.6 Å². The third kappa shape index (κ3) is 4.66. The highest BCUT2D eigenvalue weighted by Gasteiger charge is 2.20. The zero-order valence-corrected chi connectivity index (χ0v) is 16.5. The molecule has 0 bridgehead atoms. The monoisotopic (exact) mass is 392 g/mol. The molecule has 8 heteroatoms. The number of ether oxygens (including phenoxy) is 2. The van der Waals surface area contributed by atoms with E-state index in [9.17, 15) is 4.79 Å². The minimum Gasteiger partial charge on any atom is -0.486 e. The molecular weight excluding hydrogens is 368 g/mol. The van der Waals surface area contributed by atoms with E-state index < -0.39 is 0 Å². The summed E-state index contributed by atoms with van der Waals surface area (Å²) >= 11 is 6.23. The summed E-state index contributed by atoms with van der Waals surface area (Å²) in [4.78, 5) is 12.2. The van der Waals surface area contributed by atoms with Crippen LogP contribution < -0.4 is 20.1 Å². The van der Waals surface area contributed by atoms with Crippen molar-refractivity contribution in [2.24, 2.45) is 13.0 Å². The van der Waals surface area contributed by atoms with Crippen LogP contribution in [0.5, 0.6) is 11.5 Å². The molecule has 146 valence electrons. The number of urea groups is 1. The first-order chi connectivity index (χ1) is 13.0. The van der Waals surface area contributed by atoms with Crippen molar-refractivity contribution in [3.63, 3.8) is 0 Å². The molecule has 1 aromatic carbocycles. The maximum Gasteiger partial charge on any atom is 0.315 e. The number of fused-ring (bicyclic) bond motifs is 1. The van der Waals surface area contributed by atoms with Crippen molar-refractivity contribution in [2.45, 2.75) is 26.3 Å². The van der Waals surface area contributed by atoms with Crippen LogP contribution in [0.25, 0.3) is 0 Å². The van der Waals surface area contributed by atoms with E-state index in [1.807, 2.05) is 23.9 Å². The summed E-state index contributed by atoms with van der Waals surface area (Å²) in [6.45, 7) is 6.12. The summed E-state index contributed by atoms with van der Waals surface area (Å²) in [5.74, 6) is 1.73. The van der Waals surface area contributed by atoms with Gasteiger partial charge in [-0.15, -0.1) is 0 Å². The van der Waals surface area contributed by atoms with Crippen molar-refractivity contribution in [1.29, 1.82) is 0 Å². The Labute approximate surface area is 164 Å². The molecule has 0 fully saturated rings. The zero-order chi connectivity index (χ0) is 19.4. The number of aryl methyl sites for hydroxylation is 1. The smallest absolute Gasteiger partial charge is 0.315 e. The summed E-state index contributed by atoms with van der Waals surface area (Å²) in [5.41, 5.74) is 1.95. The van der Waals surface area contributed by atoms with Crippen LogP contribution in [0, 0.1) is 5.92 Å². The standard InChI is InChI=1S/C19H25ClN4O3/c1-12(2)14(16-4-5-23-24(16)3)11-22-19(25)21-10-13-8-15(20)18-17(9-13)26-6-7-27-18/h4-5,8-9,12,14H,6-7,10-11H2,1-3H3,(H2,21,22,25)/t14-/m0/s1. The van der Waals surface area contributed by atoms with Gasteiger partial charge in [-0.05, 0) is 29.7 Å². The van der Waals surface area contributed by atoms with Gasteiger partial charge in [-0.2, -0.15) is 5.10 Å². The van der Waals surface area contributed by atoms with Crippen LogP contribution in [0.2, 0.25) is 5.02 Å². The van der Waals surface area contributed by atoms with Gasteiger partial charge in [0.05, 0.1) is 5.02 Å². The zero-order valence-electron chi connectivity index (χ0n) is 15.8. The average Bonchev–Trinajstić information content (AvgIpc) is 3.06. The number of hydrogen-bond acceptors (Lipinski definition) is 4. The van der Waals surface area contributed by atoms with Crippen molar-refractivity contribution in [3.05, 3.63) is 40.7 Å². The fraction of sp³-hybridized carbons (Fsp3) is 0.474. The molecule has 7 nitrogen and oxygen atoms in total. The predicted octanol–water partition coefficient (Wildman–Crippen LogP) is 3.08. The van der Waals surface area contributed by atoms with E-state index in [1.54, 1.807) is 12.3 Å². The lowest BCUT2D eigenvalue weighted by Crippen LogP contribution is -2.38. The van der Waals surface area contributed by atoms with Crippen LogP contribution in [0.3, 0.4) is 0 Å². The lowest BCUT2D eigenvalue weighted by Gasteiger charge is -2.22. The van der Waals surface area contributed by atoms with Gasteiger partial charge in [-0.1, -0.05) is 25.4 Å². The molecule has 1 atom stereocenters. The van der Waals surface area contributed by atoms with Gasteiger partial charge in [-0.3, -0.25) is 4.68 Å². The topological polar surface area (TPSA) is 77.4 Å². The molecule has 27 heavy (non-hydrogen) atoms. The first-order valence-corrected chi connectivity index (χ1v) is 9.41. The first kappa shape index (κ1) is 19.4. The summed E-state index contributed by atoms with van der Waals surface area (Å²) in [6.07, 6.45) is 1.77. The summed E-state index contributed by atoms with van der Waals surface area (Å²) < 4.78 is 12.9. The number of nitrogens with one attached hydrogen (secondary N) is 2. The SMILES string of the molecule is CC(C)[C@H](CNC(=O)NCc1cc(Cl)c2c(c1)OCCO2)c1ccnn1C. The second-order valence-corrected chi connectivity index (χ2v) is 7.30. The number of amides is 2. The molecule has 0 unspecified atom stereocenters. The molecule has 0 saturated carbocycles. The maximum absolute atomic E-state index is 12.2. The van der Waals surface area contributed by atoms with Crippen LogP contribution in [-0.4, -0.2) is 35.6 Å². The fourth-order valence-corrected chi connectivity index (χ4v) is 3.43. The maximum atomic E-state index is 12.2. The van der Waals surface area contributed by atoms with E-state index in [1.165, 1.54) is 0 Å². The molecule has 2 heterocycles. The highest BCUT2D eigenvalue weighted by molar-refractivity contribution is 6.32. The van der Waals surface area contributed by atoms with Crippen LogP contribution in [0.15, 0.2) is 24.4 Å². The Morgan fingerprint density at radius 1 is 1.30 bits per heavy atom. The number of nitrogens with zero attached hydrogens (tertiary/aromatic N) is 2. The molecule has 0 radical (unpaired) electrons. The molecule has 1 aliphatic heterocycles. The lowest BCUT2D eigenvalue weighted by atomic mass is 9.92. The van der Waals surface area contributed by atoms with E-state index in [2.05, 4.69) is 29.6 Å². The second-order valence-electron chi connectivity index (χ2n) is 6.90. The van der Waals surface area contributed by atoms with Gasteiger partial charge in [0.2, 0.25) is 0 Å². The summed E-state index contributed by atoms with van der Waals surface area (Å²) in [5, 5.41) is 10.5. The largest absolute Gasteiger partial charge is 0.486 e. The Balaban J connectivity index is 1.55. The molecule has 0 aliphatic carbocycles. The van der Waals surface area contributed by atoms with Gasteiger partial charge in [0, 0.05) is 37.9 Å². The normalized spacial score (nSPS) is 14.1. The molecule has 1 aliphatic rings. The van der Waals surface area contributed by atoms with E-state index >= 15 is 0 Å². The van der Waals surface area contributed by atoms with Gasteiger partial charge in [0.15, 0.2) is 11.5 Å². The number of rotatable bonds is 6. The Morgan fingerprint density at radius 2 is 2.07 bits per heavy atom. The number of halogens is 1. The van der Waals surface area contributed by atoms with Crippen molar-refractivity contribution < 1.29 is 14.3 Å². The second kappa shape index (κ2) is 8.52. The summed E-state index contributed by atoms with van der Waals surface area (Å²) in [6, 6.07) is 5.38. The van der Waals surface area contributed by atoms with Gasteiger partial charge in [0.25, 0.3) is 0 Å². The molecule has 2 aromatic rings. The molecule has 1 aromatic heterocycles. The number of carbonyl (C=O) groups excluding carboxylic acids is 1. The first-order valence-electron chi connectivity index (χ1n) is 9.03. The molecule has 0 spiro atoms. The highest BCUT2D eigenvalue weighted by atomic mass is 35.5. The Bertz CT molecular complexity index is 806. The van der Waals surface area contributed by atoms with E-state index in [-0.39, 0.29) is 11.9 Å². The van der Waals surface area contributed by atoms with Crippen LogP contribution in [-0.2, 0) is 13.6 Å². The van der Waals surface area contributed by atoms with Crippen molar-refractivity contribution in [2.75, 3.05) is 19.8 Å². The van der Waals surface area contributed by atoms with Gasteiger partial charge >= 0.3 is 6.03 Å². The predicted molar refractivity (Wildman–Crippen MR) is 103 cm³/mol. The van der Waals surface area contributed by atoms with E-state index in [4.69, 9.17) is 21.1 Å². The number of carbonyl (C=O) groups is 1. The van der Waals surface area contributed by atoms with Gasteiger partial charge in [0.1, 0.15) is 13.2 Å². The van der Waals surface area contributed by atoms with Gasteiger partial charge in [-0.25, -0.2) is 4.79 Å². The fourth-order valence-electron chi connectivity index (χ4n) is 3.14. The minimum absolute atomic E-state index is 0.187. The summed E-state index contributed by atoms with van der Waals surface area (Å²) in [7, 11) is 1.91.